The molecule has 1 heterocycles. The monoisotopic (exact) mass is 234 g/mol. The second kappa shape index (κ2) is 6.00. The summed E-state index contributed by atoms with van der Waals surface area (Å²) in [6, 6.07) is 9.06. The SMILES string of the molecule is NCc1c[c]ccc1N1CCN(CCO)CC1. The van der Waals surface area contributed by atoms with Crippen LogP contribution in [0.4, 0.5) is 5.69 Å². The van der Waals surface area contributed by atoms with E-state index in [1.807, 2.05) is 12.1 Å². The van der Waals surface area contributed by atoms with E-state index in [-0.39, 0.29) is 6.61 Å². The normalized spacial score (nSPS) is 17.4. The van der Waals surface area contributed by atoms with Crippen molar-refractivity contribution in [2.24, 2.45) is 5.73 Å². The number of piperazine rings is 1. The van der Waals surface area contributed by atoms with Crippen molar-refractivity contribution in [2.75, 3.05) is 44.2 Å². The second-order valence-electron chi connectivity index (χ2n) is 4.31. The lowest BCUT2D eigenvalue weighted by Crippen LogP contribution is -2.47. The summed E-state index contributed by atoms with van der Waals surface area (Å²) >= 11 is 0. The molecule has 4 nitrogen and oxygen atoms in total. The Labute approximate surface area is 103 Å². The Hall–Kier alpha value is -1.10. The molecule has 1 aromatic carbocycles. The van der Waals surface area contributed by atoms with E-state index < -0.39 is 0 Å². The molecule has 0 aromatic heterocycles. The zero-order chi connectivity index (χ0) is 12.1. The first-order valence-corrected chi connectivity index (χ1v) is 6.12. The van der Waals surface area contributed by atoms with E-state index in [4.69, 9.17) is 10.8 Å². The van der Waals surface area contributed by atoms with Gasteiger partial charge in [-0.3, -0.25) is 4.90 Å². The number of anilines is 1. The van der Waals surface area contributed by atoms with Crippen LogP contribution < -0.4 is 10.6 Å². The van der Waals surface area contributed by atoms with Gasteiger partial charge in [0.1, 0.15) is 0 Å². The van der Waals surface area contributed by atoms with Crippen LogP contribution in [0.5, 0.6) is 0 Å². The average molecular weight is 234 g/mol. The van der Waals surface area contributed by atoms with Gasteiger partial charge in [-0.15, -0.1) is 0 Å². The van der Waals surface area contributed by atoms with Gasteiger partial charge in [-0.25, -0.2) is 0 Å². The summed E-state index contributed by atoms with van der Waals surface area (Å²) in [6.45, 7) is 5.58. The zero-order valence-electron chi connectivity index (χ0n) is 10.1. The molecule has 1 radical (unpaired) electrons. The van der Waals surface area contributed by atoms with Crippen molar-refractivity contribution in [1.82, 2.24) is 4.90 Å². The number of aliphatic hydroxyl groups excluding tert-OH is 1. The third-order valence-corrected chi connectivity index (χ3v) is 3.27. The van der Waals surface area contributed by atoms with E-state index in [9.17, 15) is 0 Å². The van der Waals surface area contributed by atoms with Crippen molar-refractivity contribution in [2.45, 2.75) is 6.54 Å². The molecular weight excluding hydrogens is 214 g/mol. The first kappa shape index (κ1) is 12.4. The highest BCUT2D eigenvalue weighted by Crippen LogP contribution is 2.20. The second-order valence-corrected chi connectivity index (χ2v) is 4.31. The first-order valence-electron chi connectivity index (χ1n) is 6.12. The molecule has 0 amide bonds. The molecule has 1 saturated heterocycles. The minimum Gasteiger partial charge on any atom is -0.395 e. The minimum absolute atomic E-state index is 0.244. The van der Waals surface area contributed by atoms with Crippen LogP contribution in [0.25, 0.3) is 0 Å². The summed E-state index contributed by atoms with van der Waals surface area (Å²) < 4.78 is 0. The Morgan fingerprint density at radius 3 is 2.71 bits per heavy atom. The summed E-state index contributed by atoms with van der Waals surface area (Å²) in [5.41, 5.74) is 8.13. The van der Waals surface area contributed by atoms with E-state index in [2.05, 4.69) is 21.9 Å². The summed E-state index contributed by atoms with van der Waals surface area (Å²) in [5.74, 6) is 0. The van der Waals surface area contributed by atoms with Gasteiger partial charge in [0.15, 0.2) is 0 Å². The van der Waals surface area contributed by atoms with Crippen molar-refractivity contribution < 1.29 is 5.11 Å². The van der Waals surface area contributed by atoms with E-state index in [1.165, 1.54) is 5.69 Å². The standard InChI is InChI=1S/C13H20N3O/c14-11-12-3-1-2-4-13(12)16-7-5-15(6-8-16)9-10-17/h2-4,17H,5-11,14H2. The topological polar surface area (TPSA) is 52.7 Å². The third-order valence-electron chi connectivity index (χ3n) is 3.27. The largest absolute Gasteiger partial charge is 0.395 e. The summed E-state index contributed by atoms with van der Waals surface area (Å²) in [6.07, 6.45) is 0. The van der Waals surface area contributed by atoms with Gasteiger partial charge in [0.25, 0.3) is 0 Å². The number of hydrogen-bond donors (Lipinski definition) is 2. The molecule has 0 aliphatic carbocycles. The van der Waals surface area contributed by atoms with Crippen molar-refractivity contribution in [3.63, 3.8) is 0 Å². The molecule has 17 heavy (non-hydrogen) atoms. The average Bonchev–Trinajstić information content (AvgIpc) is 2.40. The van der Waals surface area contributed by atoms with Crippen LogP contribution in [0.1, 0.15) is 5.56 Å². The lowest BCUT2D eigenvalue weighted by atomic mass is 10.1. The van der Waals surface area contributed by atoms with Gasteiger partial charge < -0.3 is 15.7 Å². The van der Waals surface area contributed by atoms with E-state index in [0.717, 1.165) is 38.3 Å². The van der Waals surface area contributed by atoms with Crippen LogP contribution in [-0.2, 0) is 6.54 Å². The van der Waals surface area contributed by atoms with Gasteiger partial charge in [-0.2, -0.15) is 0 Å². The molecule has 3 N–H and O–H groups in total. The fraction of sp³-hybridized carbons (Fsp3) is 0.538. The molecule has 0 bridgehead atoms. The van der Waals surface area contributed by atoms with Gasteiger partial charge >= 0.3 is 0 Å². The molecule has 0 saturated carbocycles. The first-order chi connectivity index (χ1) is 8.35. The molecule has 1 fully saturated rings. The molecule has 0 spiro atoms. The van der Waals surface area contributed by atoms with Gasteiger partial charge in [-0.1, -0.05) is 6.07 Å². The van der Waals surface area contributed by atoms with Crippen molar-refractivity contribution in [1.29, 1.82) is 0 Å². The van der Waals surface area contributed by atoms with Crippen molar-refractivity contribution in [3.05, 3.63) is 29.8 Å². The zero-order valence-corrected chi connectivity index (χ0v) is 10.1. The quantitative estimate of drug-likeness (QED) is 0.773. The molecule has 1 aliphatic heterocycles. The van der Waals surface area contributed by atoms with E-state index in [0.29, 0.717) is 6.54 Å². The van der Waals surface area contributed by atoms with Crippen LogP contribution in [0.3, 0.4) is 0 Å². The number of β-amino-alcohol motifs (C(OH)–C–C–N with tert-alkyl or cyclic N) is 1. The molecule has 0 atom stereocenters. The maximum absolute atomic E-state index is 8.91. The van der Waals surface area contributed by atoms with Crippen LogP contribution in [0, 0.1) is 6.07 Å². The van der Waals surface area contributed by atoms with E-state index >= 15 is 0 Å². The Bertz CT molecular complexity index is 348. The molecule has 2 rings (SSSR count). The van der Waals surface area contributed by atoms with E-state index in [1.54, 1.807) is 0 Å². The Kier molecular flexibility index (Phi) is 4.36. The third kappa shape index (κ3) is 2.97. The Morgan fingerprint density at radius 2 is 2.06 bits per heavy atom. The number of rotatable bonds is 4. The Balaban J connectivity index is 2.00. The van der Waals surface area contributed by atoms with Crippen LogP contribution >= 0.6 is 0 Å². The molecule has 1 aliphatic rings. The molecular formula is C13H20N3O. The molecule has 4 heteroatoms. The summed E-state index contributed by atoms with van der Waals surface area (Å²) in [5, 5.41) is 8.91. The van der Waals surface area contributed by atoms with Crippen molar-refractivity contribution >= 4 is 5.69 Å². The van der Waals surface area contributed by atoms with Crippen LogP contribution in [0.2, 0.25) is 0 Å². The minimum atomic E-state index is 0.244. The van der Waals surface area contributed by atoms with Crippen LogP contribution in [-0.4, -0.2) is 49.3 Å². The lowest BCUT2D eigenvalue weighted by molar-refractivity contribution is 0.188. The van der Waals surface area contributed by atoms with Crippen molar-refractivity contribution in [3.8, 4) is 0 Å². The summed E-state index contributed by atoms with van der Waals surface area (Å²) in [7, 11) is 0. The fourth-order valence-electron chi connectivity index (χ4n) is 2.28. The summed E-state index contributed by atoms with van der Waals surface area (Å²) in [4.78, 5) is 4.65. The Morgan fingerprint density at radius 1 is 1.29 bits per heavy atom. The predicted octanol–water partition coefficient (Wildman–Crippen LogP) is 0.0598. The number of aliphatic hydroxyl groups is 1. The fourth-order valence-corrected chi connectivity index (χ4v) is 2.28. The molecule has 93 valence electrons. The highest BCUT2D eigenvalue weighted by atomic mass is 16.3. The maximum Gasteiger partial charge on any atom is 0.0558 e. The predicted molar refractivity (Wildman–Crippen MR) is 68.9 cm³/mol. The number of hydrogen-bond acceptors (Lipinski definition) is 4. The molecule has 0 unspecified atom stereocenters. The highest BCUT2D eigenvalue weighted by molar-refractivity contribution is 5.53. The van der Waals surface area contributed by atoms with Gasteiger partial charge in [-0.05, 0) is 23.8 Å². The maximum atomic E-state index is 8.91. The molecule has 1 aromatic rings. The number of benzene rings is 1. The highest BCUT2D eigenvalue weighted by Gasteiger charge is 2.17. The van der Waals surface area contributed by atoms with Gasteiger partial charge in [0, 0.05) is 45.0 Å². The van der Waals surface area contributed by atoms with Gasteiger partial charge in [0.05, 0.1) is 6.61 Å². The number of nitrogens with zero attached hydrogens (tertiary/aromatic N) is 2. The lowest BCUT2D eigenvalue weighted by Gasteiger charge is -2.36. The van der Waals surface area contributed by atoms with Gasteiger partial charge in [0.2, 0.25) is 0 Å². The van der Waals surface area contributed by atoms with Crippen LogP contribution in [0.15, 0.2) is 18.2 Å². The number of nitrogens with two attached hydrogens (primary N) is 1. The smallest absolute Gasteiger partial charge is 0.0558 e.